The molecule has 80 heavy (non-hydrogen) atoms. The highest BCUT2D eigenvalue weighted by molar-refractivity contribution is 8.13. The Morgan fingerprint density at radius 1 is 0.775 bits per heavy atom. The predicted molar refractivity (Wildman–Crippen MR) is 290 cm³/mol. The summed E-state index contributed by atoms with van der Waals surface area (Å²) in [7, 11) is -8.08. The molecule has 5 N–H and O–H groups in total. The lowest BCUT2D eigenvalue weighted by Gasteiger charge is -2.24. The summed E-state index contributed by atoms with van der Waals surface area (Å²) in [4.78, 5) is 40.7. The molecule has 2 saturated heterocycles. The lowest BCUT2D eigenvalue weighted by atomic mass is 9.93. The molecule has 4 aromatic heterocycles. The van der Waals surface area contributed by atoms with Crippen LogP contribution < -0.4 is 14.7 Å². The van der Waals surface area contributed by atoms with Crippen molar-refractivity contribution < 1.29 is 75.1 Å². The van der Waals surface area contributed by atoms with E-state index >= 15 is 8.78 Å². The number of thioether (sulfide) groups is 1. The van der Waals surface area contributed by atoms with Crippen molar-refractivity contribution in [3.8, 4) is 5.75 Å². The monoisotopic (exact) mass is 1180 g/mol. The molecule has 2 aliphatic rings. The van der Waals surface area contributed by atoms with Crippen molar-refractivity contribution in [3.05, 3.63) is 114 Å². The van der Waals surface area contributed by atoms with Gasteiger partial charge in [0, 0.05) is 18.8 Å². The van der Waals surface area contributed by atoms with Gasteiger partial charge < -0.3 is 34.1 Å². The summed E-state index contributed by atoms with van der Waals surface area (Å²) in [6, 6.07) is 17.5. The first-order valence-corrected chi connectivity index (χ1v) is 29.2. The molecule has 0 bridgehead atoms. The molecule has 6 heterocycles. The van der Waals surface area contributed by atoms with Crippen molar-refractivity contribution in [1.82, 2.24) is 49.3 Å². The second-order valence-electron chi connectivity index (χ2n) is 19.9. The van der Waals surface area contributed by atoms with Gasteiger partial charge in [0.25, 0.3) is 0 Å². The van der Waals surface area contributed by atoms with E-state index in [0.29, 0.717) is 22.7 Å². The molecule has 0 saturated carbocycles. The number of benzene rings is 2. The zero-order valence-electron chi connectivity index (χ0n) is 44.7. The molecule has 0 amide bonds. The summed E-state index contributed by atoms with van der Waals surface area (Å²) in [5.41, 5.74) is -2.00. The number of nitrogens with zero attached hydrogens (tertiary/aromatic N) is 8. The second-order valence-corrected chi connectivity index (χ2v) is 24.5. The SMILES string of the molecule is C.Cc1ncnn2c([C@@H]3O[C@H](COP(=O)(NCCOC(=O)C(C)C)Oc4ccccc4)[C@@H](O)[C@@]3(C)F)cnc12.Cc1ncnn2c([C@@H]3O[C@H](COP(=O)(NCc4ccccc4)OCCSC(=O)C(C)(C)CO)[C@@H](O)[C@@]3(C)F)cnc12. The van der Waals surface area contributed by atoms with Gasteiger partial charge in [-0.2, -0.15) is 10.2 Å². The molecule has 2 unspecified atom stereocenters. The number of para-hydroxylation sites is 1. The molecule has 24 nitrogen and oxygen atoms in total. The third kappa shape index (κ3) is 15.2. The summed E-state index contributed by atoms with van der Waals surface area (Å²) in [6.45, 7) is 11.2. The van der Waals surface area contributed by atoms with Crippen molar-refractivity contribution in [3.63, 3.8) is 0 Å². The van der Waals surface area contributed by atoms with E-state index < -0.39 is 88.1 Å². The number of ether oxygens (including phenoxy) is 3. The zero-order chi connectivity index (χ0) is 57.3. The third-order valence-corrected chi connectivity index (χ3v) is 17.1. The van der Waals surface area contributed by atoms with E-state index in [1.807, 2.05) is 30.3 Å². The molecular weight excluding hydrogens is 1110 g/mol. The highest BCUT2D eigenvalue weighted by Gasteiger charge is 2.57. The highest BCUT2D eigenvalue weighted by Crippen LogP contribution is 2.50. The van der Waals surface area contributed by atoms with Crippen LogP contribution in [-0.4, -0.2) is 147 Å². The Kier molecular flexibility index (Phi) is 21.8. The van der Waals surface area contributed by atoms with E-state index in [0.717, 1.165) is 17.3 Å². The van der Waals surface area contributed by atoms with Crippen LogP contribution in [0, 0.1) is 25.2 Å². The smallest absolute Gasteiger partial charge is 0.458 e. The lowest BCUT2D eigenvalue weighted by molar-refractivity contribution is -0.147. The maximum atomic E-state index is 15.9. The molecule has 10 atom stereocenters. The number of alkyl halides is 2. The first kappa shape index (κ1) is 63.9. The summed E-state index contributed by atoms with van der Waals surface area (Å²) < 4.78 is 101. The molecule has 2 aromatic carbocycles. The third-order valence-electron chi connectivity index (χ3n) is 12.8. The van der Waals surface area contributed by atoms with E-state index in [9.17, 15) is 34.0 Å². The van der Waals surface area contributed by atoms with Crippen LogP contribution in [0.5, 0.6) is 5.75 Å². The maximum absolute atomic E-state index is 15.9. The van der Waals surface area contributed by atoms with Gasteiger partial charge in [0.15, 0.2) is 27.7 Å². The minimum absolute atomic E-state index is 0. The molecular formula is C51H70F2N10O14P2S. The van der Waals surface area contributed by atoms with E-state index in [4.69, 9.17) is 32.3 Å². The van der Waals surface area contributed by atoms with E-state index in [1.165, 1.54) is 47.9 Å². The van der Waals surface area contributed by atoms with Crippen LogP contribution in [0.15, 0.2) is 85.7 Å². The van der Waals surface area contributed by atoms with Crippen LogP contribution in [0.2, 0.25) is 0 Å². The number of aliphatic hydroxyl groups is 3. The van der Waals surface area contributed by atoms with Crippen LogP contribution in [-0.2, 0) is 53.0 Å². The molecule has 29 heteroatoms. The Hall–Kier alpha value is -5.25. The number of rotatable bonds is 24. The minimum Gasteiger partial charge on any atom is -0.464 e. The van der Waals surface area contributed by atoms with Crippen molar-refractivity contribution in [2.24, 2.45) is 11.3 Å². The Balaban J connectivity index is 0.000000256. The normalized spacial score (nSPS) is 24.4. The van der Waals surface area contributed by atoms with Crippen LogP contribution >= 0.6 is 27.3 Å². The molecule has 2 aliphatic heterocycles. The molecule has 438 valence electrons. The first-order chi connectivity index (χ1) is 37.4. The number of carbonyl (C=O) groups is 2. The molecule has 6 aromatic rings. The number of aryl methyl sites for hydroxylation is 2. The Bertz CT molecular complexity index is 3110. The number of imidazole rings is 2. The fraction of sp³-hybridized carbons (Fsp3) is 0.529. The number of aromatic nitrogens is 8. The minimum atomic E-state index is -4.06. The van der Waals surface area contributed by atoms with Gasteiger partial charge in [-0.15, -0.1) is 0 Å². The number of aliphatic hydroxyl groups excluding tert-OH is 3. The summed E-state index contributed by atoms with van der Waals surface area (Å²) in [5.74, 6) is -0.309. The highest BCUT2D eigenvalue weighted by atomic mass is 32.2. The van der Waals surface area contributed by atoms with Crippen molar-refractivity contribution >= 4 is 49.6 Å². The molecule has 8 rings (SSSR count). The van der Waals surface area contributed by atoms with Crippen LogP contribution in [0.25, 0.3) is 11.3 Å². The van der Waals surface area contributed by atoms with Gasteiger partial charge in [0.2, 0.25) is 0 Å². The number of carbonyl (C=O) groups excluding carboxylic acids is 2. The summed E-state index contributed by atoms with van der Waals surface area (Å²) >= 11 is 0.946. The topological polar surface area (TPSA) is 304 Å². The van der Waals surface area contributed by atoms with Crippen molar-refractivity contribution in [2.45, 2.75) is 117 Å². The Morgan fingerprint density at radius 2 is 1.27 bits per heavy atom. The number of halogens is 2. The average molecular weight is 1180 g/mol. The van der Waals surface area contributed by atoms with Gasteiger partial charge in [-0.1, -0.05) is 81.6 Å². The zero-order valence-corrected chi connectivity index (χ0v) is 47.4. The summed E-state index contributed by atoms with van der Waals surface area (Å²) in [6.07, 6.45) is -2.67. The van der Waals surface area contributed by atoms with E-state index in [1.54, 1.807) is 71.9 Å². The van der Waals surface area contributed by atoms with Gasteiger partial charge in [-0.25, -0.2) is 57.1 Å². The predicted octanol–water partition coefficient (Wildman–Crippen LogP) is 6.76. The number of nitrogens with one attached hydrogen (secondary N) is 2. The van der Waals surface area contributed by atoms with Gasteiger partial charge in [0.05, 0.1) is 72.9 Å². The largest absolute Gasteiger partial charge is 0.464 e. The van der Waals surface area contributed by atoms with Gasteiger partial charge in [-0.3, -0.25) is 23.2 Å². The van der Waals surface area contributed by atoms with E-state index in [2.05, 4.69) is 40.3 Å². The molecule has 0 spiro atoms. The number of esters is 1. The van der Waals surface area contributed by atoms with Crippen LogP contribution in [0.1, 0.15) is 89.5 Å². The molecule has 0 aliphatic carbocycles. The van der Waals surface area contributed by atoms with Crippen LogP contribution in [0.3, 0.4) is 0 Å². The molecule has 2 fully saturated rings. The van der Waals surface area contributed by atoms with Gasteiger partial charge in [-0.05, 0) is 59.2 Å². The Morgan fingerprint density at radius 3 is 1.77 bits per heavy atom. The van der Waals surface area contributed by atoms with Crippen LogP contribution in [0.4, 0.5) is 8.78 Å². The number of hydrogen-bond donors (Lipinski definition) is 5. The summed E-state index contributed by atoms with van der Waals surface area (Å²) in [5, 5.41) is 44.5. The van der Waals surface area contributed by atoms with Crippen molar-refractivity contribution in [1.29, 1.82) is 0 Å². The van der Waals surface area contributed by atoms with E-state index in [-0.39, 0.29) is 74.3 Å². The first-order valence-electron chi connectivity index (χ1n) is 25.1. The Labute approximate surface area is 466 Å². The fourth-order valence-corrected chi connectivity index (χ4v) is 11.6. The second kappa shape index (κ2) is 27.2. The maximum Gasteiger partial charge on any atom is 0.458 e. The van der Waals surface area contributed by atoms with Gasteiger partial charge >= 0.3 is 21.5 Å². The fourth-order valence-electron chi connectivity index (χ4n) is 8.07. The average Bonchev–Trinajstić information content (AvgIpc) is 4.17. The van der Waals surface area contributed by atoms with Crippen molar-refractivity contribution in [2.75, 3.05) is 45.3 Å². The molecule has 0 radical (unpaired) electrons. The number of hydrogen-bond acceptors (Lipinski definition) is 21. The van der Waals surface area contributed by atoms with Gasteiger partial charge in [0.1, 0.15) is 61.6 Å². The number of fused-ring (bicyclic) bond motifs is 2. The standard InChI is InChI=1S/C26H35FN5O7PS.C24H31FN5O7P.CH4/c1-17-23-28-13-19(32(23)30-16-29-17)22-26(4,27)21(34)20(39-22)14-38-40(36,31-12-18-8-6-5-7-9-18)37-10-11-41-24(35)25(2,3)15-33;1-15(2)23(32)34-11-10-29-38(33,37-17-8-6-5-7-9-17)35-13-19-20(31)24(4,25)21(36-19)18-12-26-22-16(3)27-14-28-30(18)22;/h5-9,13,16,20-22,33-34H,10-12,14-15H2,1-4H3,(H,31,36);5-9,12,14-15,19-21,31H,10-11,13H2,1-4H3,(H,29,33);1H4/t20-,21-,22+,26-,40?;19-,20-,21+,24-,38?;/m11./s1. The lowest BCUT2D eigenvalue weighted by Crippen LogP contribution is -2.40. The quantitative estimate of drug-likeness (QED) is 0.0237.